The molecule has 1 fully saturated rings. The van der Waals surface area contributed by atoms with E-state index < -0.39 is 10.0 Å². The molecule has 2 aromatic carbocycles. The number of hydrogen-bond acceptors (Lipinski definition) is 3. The van der Waals surface area contributed by atoms with Crippen LogP contribution in [0.2, 0.25) is 5.02 Å². The van der Waals surface area contributed by atoms with Crippen LogP contribution in [0.4, 0.5) is 5.69 Å². The Kier molecular flexibility index (Phi) is 5.65. The van der Waals surface area contributed by atoms with E-state index in [2.05, 4.69) is 5.32 Å². The molecule has 7 heteroatoms. The molecular formula is C19H21ClN2O3S. The van der Waals surface area contributed by atoms with Gasteiger partial charge in [-0.3, -0.25) is 4.79 Å². The van der Waals surface area contributed by atoms with E-state index >= 15 is 0 Å². The first-order valence-electron chi connectivity index (χ1n) is 8.49. The number of rotatable bonds is 4. The fourth-order valence-electron chi connectivity index (χ4n) is 3.00. The van der Waals surface area contributed by atoms with E-state index in [1.807, 2.05) is 31.2 Å². The van der Waals surface area contributed by atoms with Gasteiger partial charge in [-0.15, -0.1) is 0 Å². The van der Waals surface area contributed by atoms with Crippen LogP contribution in [-0.4, -0.2) is 31.7 Å². The Balaban J connectivity index is 1.60. The van der Waals surface area contributed by atoms with Gasteiger partial charge in [0.05, 0.1) is 4.90 Å². The van der Waals surface area contributed by atoms with Gasteiger partial charge in [0.25, 0.3) is 0 Å². The number of halogens is 1. The zero-order chi connectivity index (χ0) is 18.7. The summed E-state index contributed by atoms with van der Waals surface area (Å²) in [5, 5.41) is 3.40. The van der Waals surface area contributed by atoms with Crippen molar-refractivity contribution in [3.63, 3.8) is 0 Å². The van der Waals surface area contributed by atoms with Crippen molar-refractivity contribution in [3.05, 3.63) is 59.1 Å². The smallest absolute Gasteiger partial charge is 0.243 e. The van der Waals surface area contributed by atoms with E-state index in [4.69, 9.17) is 11.6 Å². The average molecular weight is 393 g/mol. The Morgan fingerprint density at radius 3 is 2.19 bits per heavy atom. The van der Waals surface area contributed by atoms with Crippen molar-refractivity contribution in [2.45, 2.75) is 24.7 Å². The number of nitrogens with one attached hydrogen (secondary N) is 1. The molecule has 1 aliphatic rings. The summed E-state index contributed by atoms with van der Waals surface area (Å²) in [5.74, 6) is -0.245. The van der Waals surface area contributed by atoms with E-state index in [9.17, 15) is 13.2 Å². The van der Waals surface area contributed by atoms with Gasteiger partial charge in [0, 0.05) is 29.7 Å². The zero-order valence-corrected chi connectivity index (χ0v) is 16.1. The normalized spacial score (nSPS) is 16.4. The fraction of sp³-hybridized carbons (Fsp3) is 0.316. The predicted octanol–water partition coefficient (Wildman–Crippen LogP) is 3.69. The van der Waals surface area contributed by atoms with E-state index in [0.717, 1.165) is 11.3 Å². The zero-order valence-electron chi connectivity index (χ0n) is 14.5. The van der Waals surface area contributed by atoms with E-state index in [0.29, 0.717) is 31.0 Å². The molecule has 5 nitrogen and oxygen atoms in total. The maximum Gasteiger partial charge on any atom is 0.243 e. The van der Waals surface area contributed by atoms with Crippen molar-refractivity contribution in [3.8, 4) is 0 Å². The van der Waals surface area contributed by atoms with Gasteiger partial charge in [0.2, 0.25) is 15.9 Å². The summed E-state index contributed by atoms with van der Waals surface area (Å²) in [6.07, 6.45) is 1.01. The number of benzene rings is 2. The molecule has 1 N–H and O–H groups in total. The van der Waals surface area contributed by atoms with Crippen molar-refractivity contribution in [1.82, 2.24) is 4.31 Å². The van der Waals surface area contributed by atoms with Gasteiger partial charge in [-0.1, -0.05) is 29.3 Å². The quantitative estimate of drug-likeness (QED) is 0.862. The Morgan fingerprint density at radius 1 is 1.04 bits per heavy atom. The Morgan fingerprint density at radius 2 is 1.62 bits per heavy atom. The molecule has 1 amide bonds. The van der Waals surface area contributed by atoms with E-state index in [1.165, 1.54) is 16.4 Å². The second kappa shape index (κ2) is 7.78. The Bertz CT molecular complexity index is 872. The Labute approximate surface area is 159 Å². The molecule has 1 heterocycles. The molecule has 0 spiro atoms. The number of hydrogen-bond donors (Lipinski definition) is 1. The Hall–Kier alpha value is -1.89. The molecule has 0 aromatic heterocycles. The molecule has 0 unspecified atom stereocenters. The van der Waals surface area contributed by atoms with Crippen molar-refractivity contribution >= 4 is 33.2 Å². The van der Waals surface area contributed by atoms with Gasteiger partial charge < -0.3 is 5.32 Å². The van der Waals surface area contributed by atoms with Crippen molar-refractivity contribution in [2.75, 3.05) is 18.4 Å². The van der Waals surface area contributed by atoms with Crippen LogP contribution in [0.15, 0.2) is 53.4 Å². The monoisotopic (exact) mass is 392 g/mol. The number of aryl methyl sites for hydroxylation is 1. The molecule has 0 radical (unpaired) electrons. The molecular weight excluding hydrogens is 372 g/mol. The van der Waals surface area contributed by atoms with Crippen LogP contribution in [0.5, 0.6) is 0 Å². The third kappa shape index (κ3) is 4.26. The number of piperidine rings is 1. The van der Waals surface area contributed by atoms with Gasteiger partial charge in [-0.25, -0.2) is 8.42 Å². The van der Waals surface area contributed by atoms with Crippen LogP contribution in [0, 0.1) is 12.8 Å². The molecule has 3 rings (SSSR count). The van der Waals surface area contributed by atoms with Crippen molar-refractivity contribution in [2.24, 2.45) is 5.92 Å². The highest BCUT2D eigenvalue weighted by Crippen LogP contribution is 2.25. The number of nitrogens with zero attached hydrogens (tertiary/aromatic N) is 1. The van der Waals surface area contributed by atoms with E-state index in [-0.39, 0.29) is 16.7 Å². The number of carbonyl (C=O) groups excluding carboxylic acids is 1. The average Bonchev–Trinajstić information content (AvgIpc) is 2.64. The lowest BCUT2D eigenvalue weighted by atomic mass is 9.97. The predicted molar refractivity (Wildman–Crippen MR) is 103 cm³/mol. The highest BCUT2D eigenvalue weighted by molar-refractivity contribution is 7.89. The molecule has 26 heavy (non-hydrogen) atoms. The number of anilines is 1. The highest BCUT2D eigenvalue weighted by Gasteiger charge is 2.32. The summed E-state index contributed by atoms with van der Waals surface area (Å²) in [5.41, 5.74) is 1.89. The molecule has 138 valence electrons. The van der Waals surface area contributed by atoms with Crippen LogP contribution in [0.25, 0.3) is 0 Å². The molecule has 0 saturated carbocycles. The lowest BCUT2D eigenvalue weighted by molar-refractivity contribution is -0.120. The third-order valence-corrected chi connectivity index (χ3v) is 6.76. The van der Waals surface area contributed by atoms with Crippen molar-refractivity contribution < 1.29 is 13.2 Å². The van der Waals surface area contributed by atoms with Gasteiger partial charge in [-0.05, 0) is 56.2 Å². The maximum absolute atomic E-state index is 12.7. The standard InChI is InChI=1S/C19H21ClN2O3S/c1-14-2-6-17(7-3-14)21-19(23)15-10-12-22(13-11-15)26(24,25)18-8-4-16(20)5-9-18/h2-9,15H,10-13H2,1H3,(H,21,23). The minimum atomic E-state index is -3.55. The van der Waals surface area contributed by atoms with Crippen LogP contribution in [0.3, 0.4) is 0 Å². The number of amides is 1. The summed E-state index contributed by atoms with van der Waals surface area (Å²) < 4.78 is 26.8. The van der Waals surface area contributed by atoms with Crippen LogP contribution in [0.1, 0.15) is 18.4 Å². The second-order valence-electron chi connectivity index (χ2n) is 6.49. The maximum atomic E-state index is 12.7. The summed E-state index contributed by atoms with van der Waals surface area (Å²) in [4.78, 5) is 12.6. The summed E-state index contributed by atoms with van der Waals surface area (Å²) in [7, 11) is -3.55. The third-order valence-electron chi connectivity index (χ3n) is 4.60. The first-order chi connectivity index (χ1) is 12.4. The summed E-state index contributed by atoms with van der Waals surface area (Å²) >= 11 is 5.82. The summed E-state index contributed by atoms with van der Waals surface area (Å²) in [6, 6.07) is 13.8. The molecule has 0 atom stereocenters. The summed E-state index contributed by atoms with van der Waals surface area (Å²) in [6.45, 7) is 2.65. The first-order valence-corrected chi connectivity index (χ1v) is 10.3. The van der Waals surface area contributed by atoms with Gasteiger partial charge in [0.15, 0.2) is 0 Å². The largest absolute Gasteiger partial charge is 0.326 e. The van der Waals surface area contributed by atoms with Crippen LogP contribution >= 0.6 is 11.6 Å². The molecule has 1 aliphatic heterocycles. The molecule has 1 saturated heterocycles. The minimum absolute atomic E-state index is 0.0580. The number of carbonyl (C=O) groups is 1. The highest BCUT2D eigenvalue weighted by atomic mass is 35.5. The van der Waals surface area contributed by atoms with E-state index in [1.54, 1.807) is 12.1 Å². The second-order valence-corrected chi connectivity index (χ2v) is 8.86. The SMILES string of the molecule is Cc1ccc(NC(=O)C2CCN(S(=O)(=O)c3ccc(Cl)cc3)CC2)cc1. The molecule has 0 aliphatic carbocycles. The van der Waals surface area contributed by atoms with Gasteiger partial charge >= 0.3 is 0 Å². The fourth-order valence-corrected chi connectivity index (χ4v) is 4.59. The molecule has 0 bridgehead atoms. The van der Waals surface area contributed by atoms with Crippen LogP contribution in [-0.2, 0) is 14.8 Å². The lowest BCUT2D eigenvalue weighted by Crippen LogP contribution is -2.41. The van der Waals surface area contributed by atoms with Gasteiger partial charge in [-0.2, -0.15) is 4.31 Å². The van der Waals surface area contributed by atoms with Crippen LogP contribution < -0.4 is 5.32 Å². The van der Waals surface area contributed by atoms with Gasteiger partial charge in [0.1, 0.15) is 0 Å². The number of sulfonamides is 1. The minimum Gasteiger partial charge on any atom is -0.326 e. The molecule has 2 aromatic rings. The lowest BCUT2D eigenvalue weighted by Gasteiger charge is -2.30. The first kappa shape index (κ1) is 18.9. The van der Waals surface area contributed by atoms with Crippen molar-refractivity contribution in [1.29, 1.82) is 0 Å². The topological polar surface area (TPSA) is 66.5 Å².